The normalized spacial score (nSPS) is 16.8. The summed E-state index contributed by atoms with van der Waals surface area (Å²) in [5, 5.41) is 6.33. The molecule has 1 saturated carbocycles. The van der Waals surface area contributed by atoms with E-state index in [-0.39, 0.29) is 11.7 Å². The number of halogens is 1. The van der Waals surface area contributed by atoms with Gasteiger partial charge in [-0.2, -0.15) is 4.98 Å². The second-order valence-corrected chi connectivity index (χ2v) is 8.54. The van der Waals surface area contributed by atoms with Crippen molar-refractivity contribution >= 4 is 29.0 Å². The molecule has 170 valence electrons. The average molecular weight is 448 g/mol. The highest BCUT2D eigenvalue weighted by atomic mass is 19.1. The number of nitrogens with one attached hydrogen (secondary N) is 2. The van der Waals surface area contributed by atoms with E-state index in [0.717, 1.165) is 42.9 Å². The predicted octanol–water partition coefficient (Wildman–Crippen LogP) is 4.17. The highest BCUT2D eigenvalue weighted by molar-refractivity contribution is 6.01. The zero-order chi connectivity index (χ0) is 22.8. The third kappa shape index (κ3) is 4.66. The van der Waals surface area contributed by atoms with Gasteiger partial charge < -0.3 is 20.3 Å². The SMILES string of the molecule is Cc1cc(Nc2ccc(NC(=O)C3(c4ccc(F)cc4)CC3)cc2)nc(N2CCOCC2)n1. The van der Waals surface area contributed by atoms with Crippen LogP contribution in [0.4, 0.5) is 27.5 Å². The van der Waals surface area contributed by atoms with Crippen LogP contribution in [0.2, 0.25) is 0 Å². The molecule has 8 heteroatoms. The van der Waals surface area contributed by atoms with E-state index in [1.807, 2.05) is 37.3 Å². The molecule has 2 heterocycles. The van der Waals surface area contributed by atoms with Gasteiger partial charge >= 0.3 is 0 Å². The monoisotopic (exact) mass is 447 g/mol. The van der Waals surface area contributed by atoms with Gasteiger partial charge in [0.25, 0.3) is 0 Å². The van der Waals surface area contributed by atoms with E-state index in [0.29, 0.717) is 30.7 Å². The van der Waals surface area contributed by atoms with Crippen LogP contribution in [0.15, 0.2) is 54.6 Å². The first-order valence-corrected chi connectivity index (χ1v) is 11.1. The fourth-order valence-electron chi connectivity index (χ4n) is 4.10. The third-order valence-electron chi connectivity index (χ3n) is 6.13. The Labute approximate surface area is 192 Å². The van der Waals surface area contributed by atoms with Crippen molar-refractivity contribution in [1.82, 2.24) is 9.97 Å². The number of carbonyl (C=O) groups is 1. The van der Waals surface area contributed by atoms with E-state index in [1.165, 1.54) is 12.1 Å². The Balaban J connectivity index is 1.25. The second-order valence-electron chi connectivity index (χ2n) is 8.54. The molecule has 2 fully saturated rings. The smallest absolute Gasteiger partial charge is 0.235 e. The highest BCUT2D eigenvalue weighted by Crippen LogP contribution is 2.49. The molecule has 1 aliphatic heterocycles. The van der Waals surface area contributed by atoms with Crippen LogP contribution >= 0.6 is 0 Å². The van der Waals surface area contributed by atoms with Gasteiger partial charge in [-0.05, 0) is 61.7 Å². The lowest BCUT2D eigenvalue weighted by Gasteiger charge is -2.27. The lowest BCUT2D eigenvalue weighted by molar-refractivity contribution is -0.118. The van der Waals surface area contributed by atoms with Crippen molar-refractivity contribution in [2.24, 2.45) is 0 Å². The van der Waals surface area contributed by atoms with E-state index in [4.69, 9.17) is 4.74 Å². The minimum atomic E-state index is -0.557. The molecular weight excluding hydrogens is 421 g/mol. The van der Waals surface area contributed by atoms with Crippen LogP contribution in [-0.4, -0.2) is 42.2 Å². The number of carbonyl (C=O) groups excluding carboxylic acids is 1. The number of benzene rings is 2. The first-order valence-electron chi connectivity index (χ1n) is 11.1. The Morgan fingerprint density at radius 1 is 1.00 bits per heavy atom. The van der Waals surface area contributed by atoms with Gasteiger partial charge in [-0.15, -0.1) is 0 Å². The van der Waals surface area contributed by atoms with Gasteiger partial charge in [0.2, 0.25) is 11.9 Å². The van der Waals surface area contributed by atoms with Gasteiger partial charge in [-0.1, -0.05) is 12.1 Å². The van der Waals surface area contributed by atoms with Crippen molar-refractivity contribution in [3.8, 4) is 0 Å². The van der Waals surface area contributed by atoms with E-state index < -0.39 is 5.41 Å². The summed E-state index contributed by atoms with van der Waals surface area (Å²) in [5.74, 6) is 1.06. The fraction of sp³-hybridized carbons (Fsp3) is 0.320. The maximum Gasteiger partial charge on any atom is 0.235 e. The number of nitrogens with zero attached hydrogens (tertiary/aromatic N) is 3. The maximum atomic E-state index is 13.3. The molecule has 1 aliphatic carbocycles. The molecule has 0 spiro atoms. The fourth-order valence-corrected chi connectivity index (χ4v) is 4.10. The van der Waals surface area contributed by atoms with Crippen LogP contribution in [0.1, 0.15) is 24.1 Å². The van der Waals surface area contributed by atoms with Gasteiger partial charge in [0, 0.05) is 36.2 Å². The summed E-state index contributed by atoms with van der Waals surface area (Å²) in [6.07, 6.45) is 1.53. The van der Waals surface area contributed by atoms with E-state index in [9.17, 15) is 9.18 Å². The lowest BCUT2D eigenvalue weighted by atomic mass is 9.95. The molecule has 0 bridgehead atoms. The first kappa shape index (κ1) is 21.3. The number of amides is 1. The molecule has 5 rings (SSSR count). The Morgan fingerprint density at radius 3 is 2.33 bits per heavy atom. The molecule has 0 unspecified atom stereocenters. The summed E-state index contributed by atoms with van der Waals surface area (Å²) in [4.78, 5) is 24.3. The molecule has 2 N–H and O–H groups in total. The summed E-state index contributed by atoms with van der Waals surface area (Å²) in [7, 11) is 0. The number of morpholine rings is 1. The number of aromatic nitrogens is 2. The number of ether oxygens (including phenoxy) is 1. The number of hydrogen-bond acceptors (Lipinski definition) is 6. The topological polar surface area (TPSA) is 79.4 Å². The molecule has 3 aromatic rings. The summed E-state index contributed by atoms with van der Waals surface area (Å²) >= 11 is 0. The zero-order valence-electron chi connectivity index (χ0n) is 18.5. The van der Waals surface area contributed by atoms with E-state index >= 15 is 0 Å². The predicted molar refractivity (Wildman–Crippen MR) is 125 cm³/mol. The molecular formula is C25H26FN5O2. The minimum Gasteiger partial charge on any atom is -0.378 e. The van der Waals surface area contributed by atoms with Crippen molar-refractivity contribution in [2.75, 3.05) is 41.8 Å². The molecule has 33 heavy (non-hydrogen) atoms. The molecule has 1 aromatic heterocycles. The third-order valence-corrected chi connectivity index (χ3v) is 6.13. The number of aryl methyl sites for hydroxylation is 1. The van der Waals surface area contributed by atoms with Crippen LogP contribution in [0.3, 0.4) is 0 Å². The Kier molecular flexibility index (Phi) is 5.68. The average Bonchev–Trinajstić information content (AvgIpc) is 3.63. The van der Waals surface area contributed by atoms with Crippen molar-refractivity contribution in [3.05, 3.63) is 71.7 Å². The molecule has 0 atom stereocenters. The first-order chi connectivity index (χ1) is 16.0. The lowest BCUT2D eigenvalue weighted by Crippen LogP contribution is -2.37. The largest absolute Gasteiger partial charge is 0.378 e. The Hall–Kier alpha value is -3.52. The number of anilines is 4. The quantitative estimate of drug-likeness (QED) is 0.590. The van der Waals surface area contributed by atoms with Gasteiger partial charge in [0.05, 0.1) is 18.6 Å². The van der Waals surface area contributed by atoms with Crippen molar-refractivity contribution in [3.63, 3.8) is 0 Å². The standard InChI is InChI=1S/C25H26FN5O2/c1-17-16-22(30-24(27-17)31-12-14-33-15-13-31)28-20-6-8-21(9-7-20)29-23(32)25(10-11-25)18-2-4-19(26)5-3-18/h2-9,16H,10-15H2,1H3,(H,29,32)(H,27,28,30). The van der Waals surface area contributed by atoms with Crippen LogP contribution in [-0.2, 0) is 14.9 Å². The van der Waals surface area contributed by atoms with E-state index in [2.05, 4.69) is 25.5 Å². The summed E-state index contributed by atoms with van der Waals surface area (Å²) in [6.45, 7) is 4.85. The highest BCUT2D eigenvalue weighted by Gasteiger charge is 2.51. The molecule has 2 aromatic carbocycles. The van der Waals surface area contributed by atoms with Crippen LogP contribution < -0.4 is 15.5 Å². The van der Waals surface area contributed by atoms with Gasteiger partial charge in [0.1, 0.15) is 11.6 Å². The summed E-state index contributed by atoms with van der Waals surface area (Å²) in [6, 6.07) is 15.6. The Morgan fingerprint density at radius 2 is 1.67 bits per heavy atom. The number of rotatable bonds is 6. The van der Waals surface area contributed by atoms with Crippen LogP contribution in [0.25, 0.3) is 0 Å². The van der Waals surface area contributed by atoms with Crippen molar-refractivity contribution in [2.45, 2.75) is 25.2 Å². The molecule has 0 radical (unpaired) electrons. The molecule has 2 aliphatic rings. The van der Waals surface area contributed by atoms with Crippen molar-refractivity contribution < 1.29 is 13.9 Å². The van der Waals surface area contributed by atoms with Crippen LogP contribution in [0, 0.1) is 12.7 Å². The summed E-state index contributed by atoms with van der Waals surface area (Å²) in [5.41, 5.74) is 2.76. The van der Waals surface area contributed by atoms with Crippen molar-refractivity contribution in [1.29, 1.82) is 0 Å². The van der Waals surface area contributed by atoms with Gasteiger partial charge in [-0.25, -0.2) is 9.37 Å². The molecule has 7 nitrogen and oxygen atoms in total. The molecule has 1 amide bonds. The Bertz CT molecular complexity index is 1140. The zero-order valence-corrected chi connectivity index (χ0v) is 18.5. The minimum absolute atomic E-state index is 0.0589. The van der Waals surface area contributed by atoms with Crippen LogP contribution in [0.5, 0.6) is 0 Å². The summed E-state index contributed by atoms with van der Waals surface area (Å²) < 4.78 is 18.7. The second kappa shape index (κ2) is 8.78. The van der Waals surface area contributed by atoms with E-state index in [1.54, 1.807) is 12.1 Å². The maximum absolute atomic E-state index is 13.3. The number of hydrogen-bond donors (Lipinski definition) is 2. The van der Waals surface area contributed by atoms with Gasteiger partial charge in [0.15, 0.2) is 0 Å². The molecule has 1 saturated heterocycles. The van der Waals surface area contributed by atoms with Gasteiger partial charge in [-0.3, -0.25) is 4.79 Å².